The first-order chi connectivity index (χ1) is 12.3. The minimum atomic E-state index is -3.73. The van der Waals surface area contributed by atoms with Gasteiger partial charge in [-0.05, 0) is 68.1 Å². The Morgan fingerprint density at radius 2 is 1.81 bits per heavy atom. The van der Waals surface area contributed by atoms with E-state index in [0.717, 1.165) is 29.7 Å². The number of amides is 1. The van der Waals surface area contributed by atoms with Crippen molar-refractivity contribution in [2.24, 2.45) is 0 Å². The number of hydrogen-bond donors (Lipinski definition) is 1. The summed E-state index contributed by atoms with van der Waals surface area (Å²) >= 11 is 6.04. The quantitative estimate of drug-likeness (QED) is 0.844. The van der Waals surface area contributed by atoms with Crippen molar-refractivity contribution in [3.05, 3.63) is 52.5 Å². The number of sulfonamides is 1. The molecule has 0 aromatic heterocycles. The van der Waals surface area contributed by atoms with Crippen LogP contribution < -0.4 is 9.62 Å². The standard InChI is InChI=1S/C19H21ClN2O3S/c1-13-6-8-16(12-17(13)20)26(24,25)21-15-7-9-18(14(2)11-15)22-10-4-3-5-19(22)23/h6-9,11-12,21H,3-5,10H2,1-2H3. The Hall–Kier alpha value is -2.05. The first kappa shape index (κ1) is 18.7. The molecule has 1 N–H and O–H groups in total. The van der Waals surface area contributed by atoms with Crippen LogP contribution in [-0.2, 0) is 14.8 Å². The van der Waals surface area contributed by atoms with E-state index >= 15 is 0 Å². The summed E-state index contributed by atoms with van der Waals surface area (Å²) in [6.45, 7) is 4.39. The van der Waals surface area contributed by atoms with Crippen molar-refractivity contribution in [1.29, 1.82) is 0 Å². The molecule has 0 aliphatic carbocycles. The fourth-order valence-electron chi connectivity index (χ4n) is 3.04. The average molecular weight is 393 g/mol. The van der Waals surface area contributed by atoms with Gasteiger partial charge in [-0.25, -0.2) is 8.42 Å². The van der Waals surface area contributed by atoms with E-state index in [-0.39, 0.29) is 10.8 Å². The van der Waals surface area contributed by atoms with Crippen molar-refractivity contribution in [3.63, 3.8) is 0 Å². The number of carbonyl (C=O) groups excluding carboxylic acids is 1. The summed E-state index contributed by atoms with van der Waals surface area (Å²) in [4.78, 5) is 14.0. The monoisotopic (exact) mass is 392 g/mol. The molecule has 3 rings (SSSR count). The lowest BCUT2D eigenvalue weighted by Gasteiger charge is -2.28. The molecule has 7 heteroatoms. The molecule has 0 atom stereocenters. The van der Waals surface area contributed by atoms with E-state index in [1.807, 2.05) is 13.8 Å². The van der Waals surface area contributed by atoms with Gasteiger partial charge in [0.1, 0.15) is 0 Å². The van der Waals surface area contributed by atoms with Crippen LogP contribution in [0.2, 0.25) is 5.02 Å². The van der Waals surface area contributed by atoms with Gasteiger partial charge in [-0.1, -0.05) is 17.7 Å². The van der Waals surface area contributed by atoms with Gasteiger partial charge in [0, 0.05) is 29.4 Å². The molecular weight excluding hydrogens is 372 g/mol. The summed E-state index contributed by atoms with van der Waals surface area (Å²) < 4.78 is 27.7. The molecule has 26 heavy (non-hydrogen) atoms. The molecule has 0 unspecified atom stereocenters. The number of nitrogens with zero attached hydrogens (tertiary/aromatic N) is 1. The highest BCUT2D eigenvalue weighted by molar-refractivity contribution is 7.92. The van der Waals surface area contributed by atoms with E-state index in [0.29, 0.717) is 23.7 Å². The van der Waals surface area contributed by atoms with E-state index in [1.165, 1.54) is 12.1 Å². The van der Waals surface area contributed by atoms with Gasteiger partial charge in [0.05, 0.1) is 4.90 Å². The summed E-state index contributed by atoms with van der Waals surface area (Å²) in [6.07, 6.45) is 2.46. The molecule has 1 heterocycles. The third-order valence-corrected chi connectivity index (χ3v) is 6.30. The maximum atomic E-state index is 12.6. The van der Waals surface area contributed by atoms with Crippen LogP contribution in [0.4, 0.5) is 11.4 Å². The summed E-state index contributed by atoms with van der Waals surface area (Å²) in [5, 5.41) is 0.406. The number of aryl methyl sites for hydroxylation is 2. The lowest BCUT2D eigenvalue weighted by atomic mass is 10.1. The minimum Gasteiger partial charge on any atom is -0.312 e. The predicted molar refractivity (Wildman–Crippen MR) is 104 cm³/mol. The number of halogens is 1. The van der Waals surface area contributed by atoms with E-state index < -0.39 is 10.0 Å². The number of nitrogens with one attached hydrogen (secondary N) is 1. The molecule has 5 nitrogen and oxygen atoms in total. The fraction of sp³-hybridized carbons (Fsp3) is 0.316. The molecule has 1 amide bonds. The Kier molecular flexibility index (Phi) is 5.25. The maximum Gasteiger partial charge on any atom is 0.261 e. The number of anilines is 2. The maximum absolute atomic E-state index is 12.6. The summed E-state index contributed by atoms with van der Waals surface area (Å²) in [6, 6.07) is 9.85. The summed E-state index contributed by atoms with van der Waals surface area (Å²) in [5.74, 6) is 0.113. The van der Waals surface area contributed by atoms with Gasteiger partial charge in [-0.2, -0.15) is 0 Å². The Morgan fingerprint density at radius 1 is 1.04 bits per heavy atom. The van der Waals surface area contributed by atoms with E-state index in [1.54, 1.807) is 29.2 Å². The van der Waals surface area contributed by atoms with Gasteiger partial charge in [-0.15, -0.1) is 0 Å². The largest absolute Gasteiger partial charge is 0.312 e. The van der Waals surface area contributed by atoms with Gasteiger partial charge < -0.3 is 4.90 Å². The Labute approximate surface area is 159 Å². The van der Waals surface area contributed by atoms with Crippen LogP contribution in [0.25, 0.3) is 0 Å². The molecule has 1 aliphatic rings. The van der Waals surface area contributed by atoms with Crippen LogP contribution in [0.1, 0.15) is 30.4 Å². The topological polar surface area (TPSA) is 66.5 Å². The Balaban J connectivity index is 1.85. The molecule has 1 saturated heterocycles. The molecule has 0 spiro atoms. The molecule has 1 aliphatic heterocycles. The van der Waals surface area contributed by atoms with Crippen molar-refractivity contribution in [3.8, 4) is 0 Å². The van der Waals surface area contributed by atoms with Crippen LogP contribution in [0.15, 0.2) is 41.3 Å². The van der Waals surface area contributed by atoms with Crippen LogP contribution in [0.3, 0.4) is 0 Å². The Bertz CT molecular complexity index is 957. The number of hydrogen-bond acceptors (Lipinski definition) is 3. The molecule has 0 saturated carbocycles. The van der Waals surface area contributed by atoms with Crippen LogP contribution in [0.5, 0.6) is 0 Å². The normalized spacial score (nSPS) is 15.2. The Morgan fingerprint density at radius 3 is 2.46 bits per heavy atom. The van der Waals surface area contributed by atoms with Gasteiger partial charge >= 0.3 is 0 Å². The lowest BCUT2D eigenvalue weighted by molar-refractivity contribution is -0.119. The van der Waals surface area contributed by atoms with E-state index in [9.17, 15) is 13.2 Å². The van der Waals surface area contributed by atoms with Crippen molar-refractivity contribution in [2.45, 2.75) is 38.0 Å². The van der Waals surface area contributed by atoms with Gasteiger partial charge in [0.2, 0.25) is 5.91 Å². The van der Waals surface area contributed by atoms with Crippen molar-refractivity contribution in [2.75, 3.05) is 16.2 Å². The van der Waals surface area contributed by atoms with Crippen LogP contribution >= 0.6 is 11.6 Å². The second-order valence-electron chi connectivity index (χ2n) is 6.52. The fourth-order valence-corrected chi connectivity index (χ4v) is 4.36. The zero-order valence-corrected chi connectivity index (χ0v) is 16.3. The van der Waals surface area contributed by atoms with Crippen molar-refractivity contribution >= 4 is 38.9 Å². The zero-order valence-electron chi connectivity index (χ0n) is 14.8. The van der Waals surface area contributed by atoms with E-state index in [2.05, 4.69) is 4.72 Å². The SMILES string of the molecule is Cc1ccc(S(=O)(=O)Nc2ccc(N3CCCCC3=O)c(C)c2)cc1Cl. The third-order valence-electron chi connectivity index (χ3n) is 4.52. The smallest absolute Gasteiger partial charge is 0.261 e. The molecule has 0 radical (unpaired) electrons. The molecule has 0 bridgehead atoms. The predicted octanol–water partition coefficient (Wildman–Crippen LogP) is 4.27. The van der Waals surface area contributed by atoms with Gasteiger partial charge in [0.15, 0.2) is 0 Å². The van der Waals surface area contributed by atoms with Gasteiger partial charge in [-0.3, -0.25) is 9.52 Å². The molecule has 2 aromatic carbocycles. The van der Waals surface area contributed by atoms with Crippen molar-refractivity contribution < 1.29 is 13.2 Å². The first-order valence-electron chi connectivity index (χ1n) is 8.48. The number of carbonyl (C=O) groups is 1. The summed E-state index contributed by atoms with van der Waals surface area (Å²) in [5.41, 5.74) is 2.95. The molecule has 138 valence electrons. The third kappa shape index (κ3) is 3.86. The number of benzene rings is 2. The summed E-state index contributed by atoms with van der Waals surface area (Å²) in [7, 11) is -3.73. The second-order valence-corrected chi connectivity index (χ2v) is 8.61. The van der Waals surface area contributed by atoms with Crippen molar-refractivity contribution in [1.82, 2.24) is 0 Å². The van der Waals surface area contributed by atoms with Crippen LogP contribution in [-0.4, -0.2) is 20.9 Å². The number of piperidine rings is 1. The van der Waals surface area contributed by atoms with Gasteiger partial charge in [0.25, 0.3) is 10.0 Å². The zero-order chi connectivity index (χ0) is 18.9. The first-order valence-corrected chi connectivity index (χ1v) is 10.3. The highest BCUT2D eigenvalue weighted by atomic mass is 35.5. The lowest BCUT2D eigenvalue weighted by Crippen LogP contribution is -2.35. The molecule has 2 aromatic rings. The highest BCUT2D eigenvalue weighted by Crippen LogP contribution is 2.28. The van der Waals surface area contributed by atoms with E-state index in [4.69, 9.17) is 11.6 Å². The molecule has 1 fully saturated rings. The minimum absolute atomic E-state index is 0.112. The molecular formula is C19H21ClN2O3S. The average Bonchev–Trinajstić information content (AvgIpc) is 2.58. The highest BCUT2D eigenvalue weighted by Gasteiger charge is 2.22. The number of rotatable bonds is 4. The second kappa shape index (κ2) is 7.29. The van der Waals surface area contributed by atoms with Crippen LogP contribution in [0, 0.1) is 13.8 Å².